The largest absolute Gasteiger partial charge is 0.496 e. The van der Waals surface area contributed by atoms with Gasteiger partial charge in [-0.2, -0.15) is 0 Å². The van der Waals surface area contributed by atoms with Gasteiger partial charge in [0, 0.05) is 41.0 Å². The van der Waals surface area contributed by atoms with Gasteiger partial charge in [-0.25, -0.2) is 0 Å². The van der Waals surface area contributed by atoms with Crippen molar-refractivity contribution < 1.29 is 4.74 Å². The van der Waals surface area contributed by atoms with Crippen LogP contribution in [0.25, 0.3) is 10.8 Å². The SMILES string of the molecule is CCN1c2cc(OC)c(C=Nc3cccc4ccccc34)cc2C(C)CC1(C)C. The summed E-state index contributed by atoms with van der Waals surface area (Å²) in [5, 5.41) is 2.37. The van der Waals surface area contributed by atoms with Gasteiger partial charge in [-0.15, -0.1) is 0 Å². The standard InChI is InChI=1S/C26H30N2O/c1-6-28-24-15-25(29-5)20(14-22(24)18(2)16-26(28,3)4)17-27-23-13-9-11-19-10-7-8-12-21(19)23/h7-15,17-18H,6,16H2,1-5H3. The van der Waals surface area contributed by atoms with Crippen molar-refractivity contribution in [3.63, 3.8) is 0 Å². The van der Waals surface area contributed by atoms with Gasteiger partial charge < -0.3 is 9.64 Å². The number of benzene rings is 3. The molecule has 4 rings (SSSR count). The van der Waals surface area contributed by atoms with Crippen LogP contribution in [0.1, 0.15) is 51.2 Å². The van der Waals surface area contributed by atoms with Gasteiger partial charge in [-0.05, 0) is 56.2 Å². The van der Waals surface area contributed by atoms with Crippen molar-refractivity contribution in [2.45, 2.75) is 45.6 Å². The van der Waals surface area contributed by atoms with E-state index in [2.05, 4.69) is 87.2 Å². The molecule has 0 aromatic heterocycles. The summed E-state index contributed by atoms with van der Waals surface area (Å²) in [5.74, 6) is 1.37. The van der Waals surface area contributed by atoms with E-state index in [-0.39, 0.29) is 5.54 Å². The lowest BCUT2D eigenvalue weighted by molar-refractivity contribution is 0.377. The average molecular weight is 387 g/mol. The molecule has 0 radical (unpaired) electrons. The first-order chi connectivity index (χ1) is 13.9. The van der Waals surface area contributed by atoms with Gasteiger partial charge in [-0.1, -0.05) is 43.3 Å². The van der Waals surface area contributed by atoms with Gasteiger partial charge in [0.25, 0.3) is 0 Å². The van der Waals surface area contributed by atoms with Crippen LogP contribution in [0.4, 0.5) is 11.4 Å². The summed E-state index contributed by atoms with van der Waals surface area (Å²) in [5.41, 5.74) is 4.82. The van der Waals surface area contributed by atoms with E-state index < -0.39 is 0 Å². The number of aliphatic imine (C=N–C) groups is 1. The van der Waals surface area contributed by atoms with Crippen molar-refractivity contribution in [1.29, 1.82) is 0 Å². The van der Waals surface area contributed by atoms with Crippen molar-refractivity contribution in [3.8, 4) is 5.75 Å². The van der Waals surface area contributed by atoms with E-state index in [1.54, 1.807) is 7.11 Å². The first-order valence-electron chi connectivity index (χ1n) is 10.5. The highest BCUT2D eigenvalue weighted by Crippen LogP contribution is 2.45. The molecular weight excluding hydrogens is 356 g/mol. The summed E-state index contributed by atoms with van der Waals surface area (Å²) in [6, 6.07) is 19.1. The van der Waals surface area contributed by atoms with Crippen molar-refractivity contribution in [2.24, 2.45) is 4.99 Å². The molecule has 3 heteroatoms. The summed E-state index contributed by atoms with van der Waals surface area (Å²) < 4.78 is 5.77. The number of methoxy groups -OCH3 is 1. The molecule has 0 spiro atoms. The van der Waals surface area contributed by atoms with Crippen molar-refractivity contribution >= 4 is 28.4 Å². The van der Waals surface area contributed by atoms with Crippen LogP contribution in [0.3, 0.4) is 0 Å². The molecule has 0 saturated heterocycles. The smallest absolute Gasteiger partial charge is 0.129 e. The minimum Gasteiger partial charge on any atom is -0.496 e. The Morgan fingerprint density at radius 3 is 2.66 bits per heavy atom. The third-order valence-corrected chi connectivity index (χ3v) is 6.16. The molecular formula is C26H30N2O. The molecule has 0 bridgehead atoms. The van der Waals surface area contributed by atoms with Gasteiger partial charge in [-0.3, -0.25) is 4.99 Å². The van der Waals surface area contributed by atoms with Crippen LogP contribution in [-0.2, 0) is 0 Å². The molecule has 0 fully saturated rings. The van der Waals surface area contributed by atoms with E-state index in [1.807, 2.05) is 6.21 Å². The molecule has 150 valence electrons. The molecule has 0 N–H and O–H groups in total. The van der Waals surface area contributed by atoms with E-state index in [1.165, 1.54) is 16.6 Å². The van der Waals surface area contributed by atoms with E-state index >= 15 is 0 Å². The van der Waals surface area contributed by atoms with Crippen molar-refractivity contribution in [3.05, 3.63) is 65.7 Å². The van der Waals surface area contributed by atoms with Crippen molar-refractivity contribution in [1.82, 2.24) is 0 Å². The Bertz CT molecular complexity index is 1060. The van der Waals surface area contributed by atoms with Crippen LogP contribution in [-0.4, -0.2) is 25.4 Å². The predicted octanol–water partition coefficient (Wildman–Crippen LogP) is 6.71. The maximum absolute atomic E-state index is 5.77. The van der Waals surface area contributed by atoms with Crippen molar-refractivity contribution in [2.75, 3.05) is 18.6 Å². The highest BCUT2D eigenvalue weighted by atomic mass is 16.5. The molecule has 3 aromatic carbocycles. The maximum Gasteiger partial charge on any atom is 0.129 e. The lowest BCUT2D eigenvalue weighted by Gasteiger charge is -2.47. The van der Waals surface area contributed by atoms with Crippen LogP contribution in [0, 0.1) is 0 Å². The summed E-state index contributed by atoms with van der Waals surface area (Å²) in [6.45, 7) is 10.2. The molecule has 0 aliphatic carbocycles. The van der Waals surface area contributed by atoms with Gasteiger partial charge >= 0.3 is 0 Å². The third-order valence-electron chi connectivity index (χ3n) is 6.16. The highest BCUT2D eigenvalue weighted by molar-refractivity contribution is 5.96. The fourth-order valence-electron chi connectivity index (χ4n) is 4.86. The lowest BCUT2D eigenvalue weighted by Crippen LogP contribution is -2.48. The molecule has 1 heterocycles. The number of nitrogens with zero attached hydrogens (tertiary/aromatic N) is 2. The van der Waals surface area contributed by atoms with Crippen LogP contribution >= 0.6 is 0 Å². The molecule has 0 amide bonds. The van der Waals surface area contributed by atoms with E-state index in [4.69, 9.17) is 9.73 Å². The van der Waals surface area contributed by atoms with E-state index in [0.717, 1.165) is 35.4 Å². The van der Waals surface area contributed by atoms with E-state index in [0.29, 0.717) is 5.92 Å². The fourth-order valence-corrected chi connectivity index (χ4v) is 4.86. The Morgan fingerprint density at radius 2 is 1.90 bits per heavy atom. The Labute approximate surface area is 174 Å². The molecule has 3 nitrogen and oxygen atoms in total. The second-order valence-electron chi connectivity index (χ2n) is 8.57. The lowest BCUT2D eigenvalue weighted by atomic mass is 9.79. The zero-order valence-corrected chi connectivity index (χ0v) is 18.1. The molecule has 0 saturated carbocycles. The first kappa shape index (κ1) is 19.5. The second-order valence-corrected chi connectivity index (χ2v) is 8.57. The molecule has 1 unspecified atom stereocenters. The zero-order valence-electron chi connectivity index (χ0n) is 18.1. The quantitative estimate of drug-likeness (QED) is 0.465. The zero-order chi connectivity index (χ0) is 20.6. The molecule has 29 heavy (non-hydrogen) atoms. The normalized spacial score (nSPS) is 18.2. The van der Waals surface area contributed by atoms with E-state index in [9.17, 15) is 0 Å². The number of hydrogen-bond donors (Lipinski definition) is 0. The monoisotopic (exact) mass is 386 g/mol. The molecule has 3 aromatic rings. The average Bonchev–Trinajstić information content (AvgIpc) is 2.71. The summed E-state index contributed by atoms with van der Waals surface area (Å²) >= 11 is 0. The Balaban J connectivity index is 1.79. The number of fused-ring (bicyclic) bond motifs is 2. The maximum atomic E-state index is 5.77. The molecule has 1 aliphatic rings. The second kappa shape index (κ2) is 7.55. The third kappa shape index (κ3) is 3.50. The van der Waals surface area contributed by atoms with Crippen LogP contribution in [0.15, 0.2) is 59.6 Å². The summed E-state index contributed by atoms with van der Waals surface area (Å²) in [7, 11) is 1.74. The van der Waals surface area contributed by atoms with Crippen LogP contribution in [0.5, 0.6) is 5.75 Å². The number of ether oxygens (including phenoxy) is 1. The first-order valence-corrected chi connectivity index (χ1v) is 10.5. The minimum atomic E-state index is 0.144. The highest BCUT2D eigenvalue weighted by Gasteiger charge is 2.36. The Hall–Kier alpha value is -2.81. The number of rotatable bonds is 4. The Morgan fingerprint density at radius 1 is 1.14 bits per heavy atom. The van der Waals surface area contributed by atoms with Crippen LogP contribution < -0.4 is 9.64 Å². The predicted molar refractivity (Wildman–Crippen MR) is 124 cm³/mol. The summed E-state index contributed by atoms with van der Waals surface area (Å²) in [6.07, 6.45) is 3.09. The molecule has 1 aliphatic heterocycles. The Kier molecular flexibility index (Phi) is 5.08. The summed E-state index contributed by atoms with van der Waals surface area (Å²) in [4.78, 5) is 7.33. The van der Waals surface area contributed by atoms with Gasteiger partial charge in [0.2, 0.25) is 0 Å². The van der Waals surface area contributed by atoms with Gasteiger partial charge in [0.1, 0.15) is 5.75 Å². The molecule has 1 atom stereocenters. The number of hydrogen-bond acceptors (Lipinski definition) is 3. The van der Waals surface area contributed by atoms with Crippen LogP contribution in [0.2, 0.25) is 0 Å². The minimum absolute atomic E-state index is 0.144. The number of anilines is 1. The van der Waals surface area contributed by atoms with Gasteiger partial charge in [0.15, 0.2) is 0 Å². The topological polar surface area (TPSA) is 24.8 Å². The fraction of sp³-hybridized carbons (Fsp3) is 0.346. The van der Waals surface area contributed by atoms with Gasteiger partial charge in [0.05, 0.1) is 12.8 Å².